The number of rotatable bonds is 2. The highest BCUT2D eigenvalue weighted by Crippen LogP contribution is 2.19. The van der Waals surface area contributed by atoms with E-state index in [1.165, 1.54) is 11.8 Å². The fraction of sp³-hybridized carbons (Fsp3) is 0.250. The minimum absolute atomic E-state index is 0.0204. The molecule has 0 saturated carbocycles. The second kappa shape index (κ2) is 5.02. The summed E-state index contributed by atoms with van der Waals surface area (Å²) in [7, 11) is 0. The molecule has 4 nitrogen and oxygen atoms in total. The van der Waals surface area contributed by atoms with E-state index >= 15 is 0 Å². The Hall–Kier alpha value is -1.80. The Kier molecular flexibility index (Phi) is 3.45. The van der Waals surface area contributed by atoms with Crippen LogP contribution in [0.1, 0.15) is 22.3 Å². The van der Waals surface area contributed by atoms with Crippen molar-refractivity contribution < 1.29 is 9.59 Å². The number of carbonyl (C=O) groups is 2. The summed E-state index contributed by atoms with van der Waals surface area (Å²) in [6.45, 7) is 0. The van der Waals surface area contributed by atoms with Gasteiger partial charge in [-0.05, 0) is 30.7 Å². The van der Waals surface area contributed by atoms with Crippen molar-refractivity contribution in [3.63, 3.8) is 0 Å². The van der Waals surface area contributed by atoms with Crippen LogP contribution in [0.4, 0.5) is 0 Å². The van der Waals surface area contributed by atoms with Gasteiger partial charge in [0.1, 0.15) is 0 Å². The van der Waals surface area contributed by atoms with Crippen LogP contribution in [0.25, 0.3) is 0 Å². The SMILES string of the molecule is N#Cc1ccc(C(=O)N[C@@H]2CCSC2=O)cc1. The van der Waals surface area contributed by atoms with Crippen LogP contribution >= 0.6 is 11.8 Å². The van der Waals surface area contributed by atoms with Crippen molar-refractivity contribution in [3.05, 3.63) is 35.4 Å². The van der Waals surface area contributed by atoms with Crippen LogP contribution in [0, 0.1) is 11.3 Å². The van der Waals surface area contributed by atoms with Gasteiger partial charge in [0.25, 0.3) is 5.91 Å². The Morgan fingerprint density at radius 1 is 1.41 bits per heavy atom. The number of nitrogens with zero attached hydrogens (tertiary/aromatic N) is 1. The summed E-state index contributed by atoms with van der Waals surface area (Å²) >= 11 is 1.25. The van der Waals surface area contributed by atoms with Crippen LogP contribution < -0.4 is 5.32 Å². The number of benzene rings is 1. The van der Waals surface area contributed by atoms with Gasteiger partial charge in [-0.15, -0.1) is 0 Å². The molecule has 2 rings (SSSR count). The molecule has 1 aliphatic rings. The fourth-order valence-electron chi connectivity index (χ4n) is 1.56. The van der Waals surface area contributed by atoms with Gasteiger partial charge < -0.3 is 5.32 Å². The molecule has 1 fully saturated rings. The minimum atomic E-state index is -0.372. The molecule has 1 aromatic carbocycles. The molecule has 1 heterocycles. The van der Waals surface area contributed by atoms with E-state index in [2.05, 4.69) is 5.32 Å². The van der Waals surface area contributed by atoms with E-state index in [4.69, 9.17) is 5.26 Å². The van der Waals surface area contributed by atoms with Crippen molar-refractivity contribution in [1.29, 1.82) is 5.26 Å². The Morgan fingerprint density at radius 2 is 2.12 bits per heavy atom. The molecular weight excluding hydrogens is 236 g/mol. The summed E-state index contributed by atoms with van der Waals surface area (Å²) in [5.41, 5.74) is 0.975. The van der Waals surface area contributed by atoms with Gasteiger partial charge in [0.15, 0.2) is 0 Å². The zero-order chi connectivity index (χ0) is 12.3. The van der Waals surface area contributed by atoms with Gasteiger partial charge in [-0.1, -0.05) is 11.8 Å². The lowest BCUT2D eigenvalue weighted by molar-refractivity contribution is -0.112. The largest absolute Gasteiger partial charge is 0.341 e. The van der Waals surface area contributed by atoms with Gasteiger partial charge in [-0.2, -0.15) is 5.26 Å². The number of hydrogen-bond acceptors (Lipinski definition) is 4. The maximum Gasteiger partial charge on any atom is 0.251 e. The zero-order valence-electron chi connectivity index (χ0n) is 8.97. The highest BCUT2D eigenvalue weighted by molar-refractivity contribution is 8.14. The van der Waals surface area contributed by atoms with Gasteiger partial charge in [0, 0.05) is 11.3 Å². The topological polar surface area (TPSA) is 70.0 Å². The molecule has 0 bridgehead atoms. The molecule has 5 heteroatoms. The first-order valence-electron chi connectivity index (χ1n) is 5.18. The number of amides is 1. The van der Waals surface area contributed by atoms with Gasteiger partial charge in [0.05, 0.1) is 17.7 Å². The number of carbonyl (C=O) groups excluding carboxylic acids is 2. The van der Waals surface area contributed by atoms with Crippen molar-refractivity contribution in [1.82, 2.24) is 5.32 Å². The van der Waals surface area contributed by atoms with E-state index < -0.39 is 0 Å². The Bertz CT molecular complexity index is 490. The van der Waals surface area contributed by atoms with Crippen molar-refractivity contribution in [2.24, 2.45) is 0 Å². The number of thioether (sulfide) groups is 1. The predicted molar refractivity (Wildman–Crippen MR) is 64.5 cm³/mol. The molecule has 0 radical (unpaired) electrons. The molecule has 1 amide bonds. The van der Waals surface area contributed by atoms with Crippen LogP contribution in [0.5, 0.6) is 0 Å². The van der Waals surface area contributed by atoms with E-state index in [1.807, 2.05) is 6.07 Å². The molecule has 1 N–H and O–H groups in total. The molecule has 0 aliphatic carbocycles. The monoisotopic (exact) mass is 246 g/mol. The van der Waals surface area contributed by atoms with Crippen LogP contribution in [0.2, 0.25) is 0 Å². The second-order valence-corrected chi connectivity index (χ2v) is 4.77. The molecule has 1 atom stereocenters. The summed E-state index contributed by atoms with van der Waals surface area (Å²) in [6, 6.07) is 7.95. The van der Waals surface area contributed by atoms with Crippen LogP contribution in [-0.4, -0.2) is 22.8 Å². The van der Waals surface area contributed by atoms with Gasteiger partial charge in [0.2, 0.25) is 5.12 Å². The highest BCUT2D eigenvalue weighted by Gasteiger charge is 2.26. The van der Waals surface area contributed by atoms with Crippen LogP contribution in [-0.2, 0) is 4.79 Å². The molecule has 0 spiro atoms. The second-order valence-electron chi connectivity index (χ2n) is 3.67. The van der Waals surface area contributed by atoms with Gasteiger partial charge >= 0.3 is 0 Å². The third kappa shape index (κ3) is 2.66. The molecule has 1 aromatic rings. The third-order valence-corrected chi connectivity index (χ3v) is 3.53. The fourth-order valence-corrected chi connectivity index (χ4v) is 2.50. The minimum Gasteiger partial charge on any atom is -0.341 e. The summed E-state index contributed by atoms with van der Waals surface area (Å²) in [5, 5.41) is 11.3. The lowest BCUT2D eigenvalue weighted by Gasteiger charge is -2.09. The molecular formula is C12H10N2O2S. The lowest BCUT2D eigenvalue weighted by atomic mass is 10.1. The number of nitriles is 1. The van der Waals surface area contributed by atoms with Crippen molar-refractivity contribution >= 4 is 22.8 Å². The quantitative estimate of drug-likeness (QED) is 0.854. The normalized spacial score (nSPS) is 18.8. The zero-order valence-corrected chi connectivity index (χ0v) is 9.79. The standard InChI is InChI=1S/C12H10N2O2S/c13-7-8-1-3-9(4-2-8)11(15)14-10-5-6-17-12(10)16/h1-4,10H,5-6H2,(H,14,15)/t10-/m1/s1. The maximum absolute atomic E-state index is 11.8. The van der Waals surface area contributed by atoms with Gasteiger partial charge in [-0.3, -0.25) is 9.59 Å². The van der Waals surface area contributed by atoms with Crippen molar-refractivity contribution in [2.45, 2.75) is 12.5 Å². The van der Waals surface area contributed by atoms with E-state index in [0.717, 1.165) is 5.75 Å². The lowest BCUT2D eigenvalue weighted by Crippen LogP contribution is -2.37. The summed E-state index contributed by atoms with van der Waals surface area (Å²) < 4.78 is 0. The Morgan fingerprint density at radius 3 is 2.65 bits per heavy atom. The van der Waals surface area contributed by atoms with Crippen molar-refractivity contribution in [3.8, 4) is 6.07 Å². The first-order valence-corrected chi connectivity index (χ1v) is 6.17. The molecule has 1 saturated heterocycles. The number of nitrogens with one attached hydrogen (secondary N) is 1. The molecule has 17 heavy (non-hydrogen) atoms. The Balaban J connectivity index is 2.04. The third-order valence-electron chi connectivity index (χ3n) is 2.52. The van der Waals surface area contributed by atoms with Crippen LogP contribution in [0.15, 0.2) is 24.3 Å². The number of hydrogen-bond donors (Lipinski definition) is 1. The van der Waals surface area contributed by atoms with E-state index in [1.54, 1.807) is 24.3 Å². The first-order chi connectivity index (χ1) is 8.20. The smallest absolute Gasteiger partial charge is 0.251 e. The summed E-state index contributed by atoms with van der Waals surface area (Å²) in [4.78, 5) is 23.1. The van der Waals surface area contributed by atoms with E-state index in [9.17, 15) is 9.59 Å². The van der Waals surface area contributed by atoms with E-state index in [0.29, 0.717) is 17.5 Å². The first kappa shape index (κ1) is 11.7. The van der Waals surface area contributed by atoms with Crippen molar-refractivity contribution in [2.75, 3.05) is 5.75 Å². The van der Waals surface area contributed by atoms with E-state index in [-0.39, 0.29) is 17.1 Å². The average Bonchev–Trinajstić information content (AvgIpc) is 2.75. The predicted octanol–water partition coefficient (Wildman–Crippen LogP) is 1.32. The van der Waals surface area contributed by atoms with Crippen LogP contribution in [0.3, 0.4) is 0 Å². The highest BCUT2D eigenvalue weighted by atomic mass is 32.2. The summed E-state index contributed by atoms with van der Waals surface area (Å²) in [5.74, 6) is 0.493. The summed E-state index contributed by atoms with van der Waals surface area (Å²) in [6.07, 6.45) is 0.686. The molecule has 1 aliphatic heterocycles. The van der Waals surface area contributed by atoms with Gasteiger partial charge in [-0.25, -0.2) is 0 Å². The Labute approximate surface area is 103 Å². The molecule has 86 valence electrons. The maximum atomic E-state index is 11.8. The molecule has 0 aromatic heterocycles. The molecule has 0 unspecified atom stereocenters. The average molecular weight is 246 g/mol.